The van der Waals surface area contributed by atoms with E-state index in [9.17, 15) is 4.79 Å². The zero-order valence-corrected chi connectivity index (χ0v) is 13.2. The van der Waals surface area contributed by atoms with Crippen LogP contribution in [-0.2, 0) is 0 Å². The molecule has 0 atom stereocenters. The molecule has 1 heterocycles. The first kappa shape index (κ1) is 15.2. The highest BCUT2D eigenvalue weighted by Crippen LogP contribution is 2.26. The first-order valence-electron chi connectivity index (χ1n) is 7.56. The van der Waals surface area contributed by atoms with Crippen molar-refractivity contribution in [1.29, 1.82) is 0 Å². The SMILES string of the molecule is CCCOc1ccc2c(=O)cc(-c3ccc(OC)cc3)oc2c1. The average Bonchev–Trinajstić information content (AvgIpc) is 2.59. The molecule has 3 rings (SSSR count). The van der Waals surface area contributed by atoms with Crippen LogP contribution >= 0.6 is 0 Å². The van der Waals surface area contributed by atoms with Crippen molar-refractivity contribution in [3.63, 3.8) is 0 Å². The predicted octanol–water partition coefficient (Wildman–Crippen LogP) is 4.26. The third-order valence-corrected chi connectivity index (χ3v) is 3.55. The maximum absolute atomic E-state index is 12.3. The highest BCUT2D eigenvalue weighted by molar-refractivity contribution is 5.80. The lowest BCUT2D eigenvalue weighted by Crippen LogP contribution is -2.01. The molecule has 0 N–H and O–H groups in total. The monoisotopic (exact) mass is 310 g/mol. The van der Waals surface area contributed by atoms with Crippen LogP contribution in [0.15, 0.2) is 57.7 Å². The molecule has 0 saturated heterocycles. The predicted molar refractivity (Wildman–Crippen MR) is 90.3 cm³/mol. The fourth-order valence-corrected chi connectivity index (χ4v) is 2.34. The highest BCUT2D eigenvalue weighted by atomic mass is 16.5. The maximum atomic E-state index is 12.3. The van der Waals surface area contributed by atoms with Gasteiger partial charge in [0.2, 0.25) is 0 Å². The summed E-state index contributed by atoms with van der Waals surface area (Å²) < 4.78 is 16.6. The molecule has 0 amide bonds. The van der Waals surface area contributed by atoms with Crippen LogP contribution in [0.25, 0.3) is 22.3 Å². The van der Waals surface area contributed by atoms with E-state index in [0.29, 0.717) is 29.1 Å². The number of hydrogen-bond acceptors (Lipinski definition) is 4. The molecule has 0 bridgehead atoms. The van der Waals surface area contributed by atoms with E-state index in [-0.39, 0.29) is 5.43 Å². The molecule has 0 fully saturated rings. The Morgan fingerprint density at radius 1 is 1.00 bits per heavy atom. The summed E-state index contributed by atoms with van der Waals surface area (Å²) in [5, 5.41) is 0.547. The summed E-state index contributed by atoms with van der Waals surface area (Å²) in [7, 11) is 1.61. The van der Waals surface area contributed by atoms with Gasteiger partial charge in [-0.15, -0.1) is 0 Å². The molecule has 0 radical (unpaired) electrons. The molecule has 118 valence electrons. The number of fused-ring (bicyclic) bond motifs is 1. The summed E-state index contributed by atoms with van der Waals surface area (Å²) in [6.45, 7) is 2.68. The van der Waals surface area contributed by atoms with Gasteiger partial charge in [0.25, 0.3) is 0 Å². The van der Waals surface area contributed by atoms with E-state index in [0.717, 1.165) is 17.7 Å². The summed E-state index contributed by atoms with van der Waals surface area (Å²) in [6, 6.07) is 14.2. The molecular weight excluding hydrogens is 292 g/mol. The van der Waals surface area contributed by atoms with Crippen molar-refractivity contribution in [3.8, 4) is 22.8 Å². The van der Waals surface area contributed by atoms with E-state index in [1.807, 2.05) is 31.2 Å². The van der Waals surface area contributed by atoms with Gasteiger partial charge in [0.15, 0.2) is 5.43 Å². The summed E-state index contributed by atoms with van der Waals surface area (Å²) in [5.74, 6) is 1.99. The minimum atomic E-state index is -0.0703. The van der Waals surface area contributed by atoms with Gasteiger partial charge < -0.3 is 13.9 Å². The van der Waals surface area contributed by atoms with Crippen molar-refractivity contribution >= 4 is 11.0 Å². The minimum absolute atomic E-state index is 0.0703. The molecule has 0 aliphatic carbocycles. The second-order valence-electron chi connectivity index (χ2n) is 5.21. The number of ether oxygens (including phenoxy) is 2. The van der Waals surface area contributed by atoms with Crippen LogP contribution in [0.4, 0.5) is 0 Å². The van der Waals surface area contributed by atoms with Crippen molar-refractivity contribution in [1.82, 2.24) is 0 Å². The molecule has 0 unspecified atom stereocenters. The number of benzene rings is 2. The summed E-state index contributed by atoms with van der Waals surface area (Å²) in [5.41, 5.74) is 1.28. The minimum Gasteiger partial charge on any atom is -0.497 e. The molecule has 0 aliphatic heterocycles. The molecule has 1 aromatic heterocycles. The van der Waals surface area contributed by atoms with Crippen LogP contribution in [0.1, 0.15) is 13.3 Å². The number of methoxy groups -OCH3 is 1. The van der Waals surface area contributed by atoms with E-state index < -0.39 is 0 Å². The average molecular weight is 310 g/mol. The molecular formula is C19H18O4. The second-order valence-corrected chi connectivity index (χ2v) is 5.21. The van der Waals surface area contributed by atoms with E-state index in [1.165, 1.54) is 6.07 Å². The van der Waals surface area contributed by atoms with E-state index in [1.54, 1.807) is 25.3 Å². The Balaban J connectivity index is 2.05. The molecule has 0 spiro atoms. The molecule has 4 heteroatoms. The van der Waals surface area contributed by atoms with Gasteiger partial charge in [-0.2, -0.15) is 0 Å². The van der Waals surface area contributed by atoms with Crippen LogP contribution in [-0.4, -0.2) is 13.7 Å². The van der Waals surface area contributed by atoms with Crippen LogP contribution in [0.5, 0.6) is 11.5 Å². The Kier molecular flexibility index (Phi) is 4.33. The van der Waals surface area contributed by atoms with Crippen molar-refractivity contribution in [2.45, 2.75) is 13.3 Å². The first-order valence-corrected chi connectivity index (χ1v) is 7.56. The zero-order valence-electron chi connectivity index (χ0n) is 13.2. The van der Waals surface area contributed by atoms with Crippen LogP contribution in [0.3, 0.4) is 0 Å². The molecule has 2 aromatic carbocycles. The van der Waals surface area contributed by atoms with Crippen LogP contribution in [0.2, 0.25) is 0 Å². The van der Waals surface area contributed by atoms with E-state index in [4.69, 9.17) is 13.9 Å². The summed E-state index contributed by atoms with van der Waals surface area (Å²) in [4.78, 5) is 12.3. The quantitative estimate of drug-likeness (QED) is 0.706. The first-order chi connectivity index (χ1) is 11.2. The van der Waals surface area contributed by atoms with Gasteiger partial charge in [0.05, 0.1) is 19.1 Å². The van der Waals surface area contributed by atoms with Gasteiger partial charge >= 0.3 is 0 Å². The topological polar surface area (TPSA) is 48.7 Å². The molecule has 3 aromatic rings. The molecule has 4 nitrogen and oxygen atoms in total. The fraction of sp³-hybridized carbons (Fsp3) is 0.211. The van der Waals surface area contributed by atoms with Crippen molar-refractivity contribution in [2.24, 2.45) is 0 Å². The molecule has 0 saturated carbocycles. The summed E-state index contributed by atoms with van der Waals surface area (Å²) in [6.07, 6.45) is 0.924. The second kappa shape index (κ2) is 6.57. The Bertz CT molecular complexity index is 863. The highest BCUT2D eigenvalue weighted by Gasteiger charge is 2.08. The van der Waals surface area contributed by atoms with Gasteiger partial charge in [0.1, 0.15) is 22.8 Å². The maximum Gasteiger partial charge on any atom is 0.193 e. The van der Waals surface area contributed by atoms with Gasteiger partial charge in [-0.25, -0.2) is 0 Å². The smallest absolute Gasteiger partial charge is 0.193 e. The third-order valence-electron chi connectivity index (χ3n) is 3.55. The number of rotatable bonds is 5. The molecule has 23 heavy (non-hydrogen) atoms. The van der Waals surface area contributed by atoms with Gasteiger partial charge in [-0.1, -0.05) is 6.92 Å². The van der Waals surface area contributed by atoms with E-state index >= 15 is 0 Å². The van der Waals surface area contributed by atoms with Crippen molar-refractivity contribution in [3.05, 3.63) is 58.8 Å². The van der Waals surface area contributed by atoms with Crippen molar-refractivity contribution in [2.75, 3.05) is 13.7 Å². The lowest BCUT2D eigenvalue weighted by atomic mass is 10.1. The summed E-state index contributed by atoms with van der Waals surface area (Å²) >= 11 is 0. The van der Waals surface area contributed by atoms with Gasteiger partial charge in [0, 0.05) is 17.7 Å². The normalized spacial score (nSPS) is 10.7. The zero-order chi connectivity index (χ0) is 16.2. The standard InChI is InChI=1S/C19H18O4/c1-3-10-22-15-8-9-16-17(20)12-18(23-19(16)11-15)13-4-6-14(21-2)7-5-13/h4-9,11-12H,3,10H2,1-2H3. The lowest BCUT2D eigenvalue weighted by molar-refractivity contribution is 0.317. The lowest BCUT2D eigenvalue weighted by Gasteiger charge is -2.07. The third kappa shape index (κ3) is 3.21. The number of hydrogen-bond donors (Lipinski definition) is 0. The molecule has 0 aliphatic rings. The Labute approximate surface area is 134 Å². The fourth-order valence-electron chi connectivity index (χ4n) is 2.34. The van der Waals surface area contributed by atoms with Gasteiger partial charge in [-0.3, -0.25) is 4.79 Å². The Morgan fingerprint density at radius 3 is 2.43 bits per heavy atom. The van der Waals surface area contributed by atoms with E-state index in [2.05, 4.69) is 0 Å². The largest absolute Gasteiger partial charge is 0.497 e. The van der Waals surface area contributed by atoms with Gasteiger partial charge in [-0.05, 0) is 42.8 Å². The van der Waals surface area contributed by atoms with Crippen LogP contribution in [0, 0.1) is 0 Å². The van der Waals surface area contributed by atoms with Crippen molar-refractivity contribution < 1.29 is 13.9 Å². The van der Waals surface area contributed by atoms with Crippen LogP contribution < -0.4 is 14.9 Å². The Morgan fingerprint density at radius 2 is 1.74 bits per heavy atom. The Hall–Kier alpha value is -2.75.